The second-order valence-electron chi connectivity index (χ2n) is 5.82. The quantitative estimate of drug-likeness (QED) is 0.806. The number of aromatic nitrogens is 1. The fourth-order valence-electron chi connectivity index (χ4n) is 2.75. The van der Waals surface area contributed by atoms with Crippen molar-refractivity contribution in [1.82, 2.24) is 20.5 Å². The molecule has 0 radical (unpaired) electrons. The summed E-state index contributed by atoms with van der Waals surface area (Å²) >= 11 is 0. The molecule has 1 atom stereocenters. The van der Waals surface area contributed by atoms with E-state index in [-0.39, 0.29) is 17.8 Å². The molecule has 0 aliphatic carbocycles. The summed E-state index contributed by atoms with van der Waals surface area (Å²) < 4.78 is 13.2. The van der Waals surface area contributed by atoms with Gasteiger partial charge in [-0.05, 0) is 37.1 Å². The van der Waals surface area contributed by atoms with E-state index in [1.165, 1.54) is 17.0 Å². The molecule has 0 bridgehead atoms. The largest absolute Gasteiger partial charge is 0.357 e. The van der Waals surface area contributed by atoms with Gasteiger partial charge in [0.05, 0.1) is 6.54 Å². The van der Waals surface area contributed by atoms with Crippen molar-refractivity contribution in [1.29, 1.82) is 0 Å². The highest BCUT2D eigenvalue weighted by molar-refractivity contribution is 5.87. The van der Waals surface area contributed by atoms with Gasteiger partial charge in [0.2, 0.25) is 5.91 Å². The molecule has 1 aromatic heterocycles. The normalized spacial score (nSPS) is 17.8. The summed E-state index contributed by atoms with van der Waals surface area (Å²) in [4.78, 5) is 28.5. The monoisotopic (exact) mass is 318 g/mol. The molecule has 2 aromatic rings. The maximum absolute atomic E-state index is 13.2. The molecule has 1 fully saturated rings. The smallest absolute Gasteiger partial charge is 0.318 e. The molecule has 6 nitrogen and oxygen atoms in total. The third-order valence-corrected chi connectivity index (χ3v) is 3.98. The molecule has 7 heteroatoms. The number of amides is 3. The second-order valence-corrected chi connectivity index (χ2v) is 5.82. The Kier molecular flexibility index (Phi) is 4.18. The fraction of sp³-hybridized carbons (Fsp3) is 0.375. The number of carbonyl (C=O) groups excluding carboxylic acids is 2. The van der Waals surface area contributed by atoms with Gasteiger partial charge in [-0.25, -0.2) is 9.18 Å². The number of urea groups is 1. The zero-order chi connectivity index (χ0) is 16.4. The van der Waals surface area contributed by atoms with E-state index in [1.54, 1.807) is 13.1 Å². The molecule has 0 saturated carbocycles. The zero-order valence-electron chi connectivity index (χ0n) is 12.9. The Hall–Kier alpha value is -2.57. The predicted octanol–water partition coefficient (Wildman–Crippen LogP) is 1.73. The number of rotatable bonds is 3. The third kappa shape index (κ3) is 3.44. The van der Waals surface area contributed by atoms with Crippen LogP contribution in [0, 0.1) is 5.82 Å². The average Bonchev–Trinajstić information content (AvgIpc) is 2.90. The minimum Gasteiger partial charge on any atom is -0.357 e. The SMILES string of the molecule is CN(Cc1cc2cc(F)ccc2[nH]1)C(=O)NC1CCCNC1=O. The van der Waals surface area contributed by atoms with E-state index in [1.807, 2.05) is 6.07 Å². The fourth-order valence-corrected chi connectivity index (χ4v) is 2.75. The number of fused-ring (bicyclic) bond motifs is 1. The first-order valence-corrected chi connectivity index (χ1v) is 7.59. The Morgan fingerprint density at radius 1 is 1.43 bits per heavy atom. The number of aromatic amines is 1. The highest BCUT2D eigenvalue weighted by Crippen LogP contribution is 2.17. The minimum atomic E-state index is -0.476. The highest BCUT2D eigenvalue weighted by Gasteiger charge is 2.24. The summed E-state index contributed by atoms with van der Waals surface area (Å²) in [5.41, 5.74) is 1.62. The van der Waals surface area contributed by atoms with Gasteiger partial charge in [-0.2, -0.15) is 0 Å². The minimum absolute atomic E-state index is 0.140. The second kappa shape index (κ2) is 6.28. The van der Waals surface area contributed by atoms with Gasteiger partial charge >= 0.3 is 6.03 Å². The van der Waals surface area contributed by atoms with Crippen molar-refractivity contribution < 1.29 is 14.0 Å². The van der Waals surface area contributed by atoms with Gasteiger partial charge in [-0.15, -0.1) is 0 Å². The number of nitrogens with one attached hydrogen (secondary N) is 3. The molecule has 2 heterocycles. The van der Waals surface area contributed by atoms with E-state index in [4.69, 9.17) is 0 Å². The van der Waals surface area contributed by atoms with Crippen LogP contribution in [0.25, 0.3) is 10.9 Å². The average molecular weight is 318 g/mol. The summed E-state index contributed by atoms with van der Waals surface area (Å²) in [6, 6.07) is 5.53. The van der Waals surface area contributed by atoms with Gasteiger partial charge in [-0.1, -0.05) is 0 Å². The van der Waals surface area contributed by atoms with Crippen LogP contribution in [-0.4, -0.2) is 41.5 Å². The Morgan fingerprint density at radius 2 is 2.26 bits per heavy atom. The molecule has 0 spiro atoms. The lowest BCUT2D eigenvalue weighted by molar-refractivity contribution is -0.124. The van der Waals surface area contributed by atoms with Crippen LogP contribution in [0.15, 0.2) is 24.3 Å². The summed E-state index contributed by atoms with van der Waals surface area (Å²) in [6.07, 6.45) is 1.51. The van der Waals surface area contributed by atoms with Crippen molar-refractivity contribution in [3.05, 3.63) is 35.8 Å². The Morgan fingerprint density at radius 3 is 3.04 bits per heavy atom. The number of carbonyl (C=O) groups is 2. The molecule has 1 unspecified atom stereocenters. The van der Waals surface area contributed by atoms with Crippen LogP contribution in [0.3, 0.4) is 0 Å². The molecule has 1 aliphatic heterocycles. The number of halogens is 1. The lowest BCUT2D eigenvalue weighted by atomic mass is 10.1. The Labute approximate surface area is 133 Å². The zero-order valence-corrected chi connectivity index (χ0v) is 12.9. The molecule has 122 valence electrons. The number of hydrogen-bond donors (Lipinski definition) is 3. The number of piperidine rings is 1. The van der Waals surface area contributed by atoms with E-state index in [9.17, 15) is 14.0 Å². The van der Waals surface area contributed by atoms with Crippen LogP contribution in [-0.2, 0) is 11.3 Å². The number of H-pyrrole nitrogens is 1. The van der Waals surface area contributed by atoms with Crippen LogP contribution in [0.2, 0.25) is 0 Å². The number of benzene rings is 1. The highest BCUT2D eigenvalue weighted by atomic mass is 19.1. The van der Waals surface area contributed by atoms with E-state index in [0.29, 0.717) is 19.5 Å². The Balaban J connectivity index is 1.63. The van der Waals surface area contributed by atoms with Crippen LogP contribution in [0.4, 0.5) is 9.18 Å². The van der Waals surface area contributed by atoms with Crippen LogP contribution in [0.1, 0.15) is 18.5 Å². The molecular formula is C16H19FN4O2. The van der Waals surface area contributed by atoms with E-state index < -0.39 is 6.04 Å². The van der Waals surface area contributed by atoms with Gasteiger partial charge in [0, 0.05) is 30.2 Å². The number of hydrogen-bond acceptors (Lipinski definition) is 2. The molecule has 1 aromatic carbocycles. The van der Waals surface area contributed by atoms with Crippen LogP contribution in [0.5, 0.6) is 0 Å². The van der Waals surface area contributed by atoms with Crippen molar-refractivity contribution in [2.24, 2.45) is 0 Å². The van der Waals surface area contributed by atoms with Crippen molar-refractivity contribution in [3.8, 4) is 0 Å². The Bertz CT molecular complexity index is 743. The topological polar surface area (TPSA) is 77.2 Å². The summed E-state index contributed by atoms with van der Waals surface area (Å²) in [5, 5.41) is 6.23. The van der Waals surface area contributed by atoms with Gasteiger partial charge in [0.1, 0.15) is 11.9 Å². The van der Waals surface area contributed by atoms with Gasteiger partial charge < -0.3 is 20.5 Å². The van der Waals surface area contributed by atoms with Crippen molar-refractivity contribution in [3.63, 3.8) is 0 Å². The predicted molar refractivity (Wildman–Crippen MR) is 84.3 cm³/mol. The lowest BCUT2D eigenvalue weighted by Gasteiger charge is -2.25. The van der Waals surface area contributed by atoms with Crippen LogP contribution < -0.4 is 10.6 Å². The maximum Gasteiger partial charge on any atom is 0.318 e. The van der Waals surface area contributed by atoms with Gasteiger partial charge in [0.25, 0.3) is 0 Å². The molecule has 3 N–H and O–H groups in total. The van der Waals surface area contributed by atoms with Crippen molar-refractivity contribution in [2.75, 3.05) is 13.6 Å². The first-order chi connectivity index (χ1) is 11.0. The van der Waals surface area contributed by atoms with Crippen LogP contribution >= 0.6 is 0 Å². The maximum atomic E-state index is 13.2. The third-order valence-electron chi connectivity index (χ3n) is 3.98. The molecule has 1 saturated heterocycles. The van der Waals surface area contributed by atoms with E-state index >= 15 is 0 Å². The van der Waals surface area contributed by atoms with Gasteiger partial charge in [0.15, 0.2) is 0 Å². The van der Waals surface area contributed by atoms with Crippen molar-refractivity contribution >= 4 is 22.8 Å². The molecule has 1 aliphatic rings. The van der Waals surface area contributed by atoms with E-state index in [2.05, 4.69) is 15.6 Å². The summed E-state index contributed by atoms with van der Waals surface area (Å²) in [6.45, 7) is 1.00. The first kappa shape index (κ1) is 15.3. The van der Waals surface area contributed by atoms with Crippen molar-refractivity contribution in [2.45, 2.75) is 25.4 Å². The number of nitrogens with zero attached hydrogens (tertiary/aromatic N) is 1. The summed E-state index contributed by atoms with van der Waals surface area (Å²) in [7, 11) is 1.65. The van der Waals surface area contributed by atoms with Gasteiger partial charge in [-0.3, -0.25) is 4.79 Å². The molecule has 3 amide bonds. The molecular weight excluding hydrogens is 299 g/mol. The molecule has 23 heavy (non-hydrogen) atoms. The lowest BCUT2D eigenvalue weighted by Crippen LogP contribution is -2.52. The first-order valence-electron chi connectivity index (χ1n) is 7.59. The van der Waals surface area contributed by atoms with E-state index in [0.717, 1.165) is 23.0 Å². The molecule has 3 rings (SSSR count). The summed E-state index contributed by atoms with van der Waals surface area (Å²) in [5.74, 6) is -0.434. The standard InChI is InChI=1S/C16H19FN4O2/c1-21(16(23)20-14-3-2-6-18-15(14)22)9-12-8-10-7-11(17)4-5-13(10)19-12/h4-5,7-8,14,19H,2-3,6,9H2,1H3,(H,18,22)(H,20,23).